The first kappa shape index (κ1) is 17.3. The Kier molecular flexibility index (Phi) is 7.32. The van der Waals surface area contributed by atoms with E-state index in [2.05, 4.69) is 4.90 Å². The highest BCUT2D eigenvalue weighted by atomic mass is 32.2. The van der Waals surface area contributed by atoms with Gasteiger partial charge in [0, 0.05) is 40.3 Å². The molecule has 1 saturated heterocycles. The van der Waals surface area contributed by atoms with Gasteiger partial charge in [0.15, 0.2) is 0 Å². The van der Waals surface area contributed by atoms with Crippen LogP contribution in [0.2, 0.25) is 0 Å². The fourth-order valence-corrected chi connectivity index (χ4v) is 2.55. The lowest BCUT2D eigenvalue weighted by Crippen LogP contribution is -2.54. The van der Waals surface area contributed by atoms with Crippen LogP contribution in [0, 0.1) is 0 Å². The number of rotatable bonds is 6. The van der Waals surface area contributed by atoms with E-state index < -0.39 is 6.04 Å². The van der Waals surface area contributed by atoms with Gasteiger partial charge in [-0.1, -0.05) is 0 Å². The van der Waals surface area contributed by atoms with E-state index in [1.54, 1.807) is 30.8 Å². The first-order valence-corrected chi connectivity index (χ1v) is 8.31. The van der Waals surface area contributed by atoms with Gasteiger partial charge in [0.2, 0.25) is 11.8 Å². The zero-order valence-corrected chi connectivity index (χ0v) is 13.5. The molecule has 1 fully saturated rings. The number of amides is 2. The van der Waals surface area contributed by atoms with Gasteiger partial charge in [0.1, 0.15) is 0 Å². The van der Waals surface area contributed by atoms with E-state index in [1.807, 2.05) is 11.2 Å². The van der Waals surface area contributed by atoms with Gasteiger partial charge in [-0.15, -0.1) is 0 Å². The summed E-state index contributed by atoms with van der Waals surface area (Å²) in [6.07, 6.45) is 2.73. The topological polar surface area (TPSA) is 69.9 Å². The molecule has 0 aromatic rings. The molecule has 0 bridgehead atoms. The highest BCUT2D eigenvalue weighted by molar-refractivity contribution is 7.98. The number of nitrogens with two attached hydrogens (primary N) is 1. The highest BCUT2D eigenvalue weighted by Crippen LogP contribution is 2.07. The summed E-state index contributed by atoms with van der Waals surface area (Å²) in [6, 6.07) is -0.391. The largest absolute Gasteiger partial charge is 0.348 e. The molecular weight excluding hydrogens is 276 g/mol. The molecule has 7 heteroatoms. The summed E-state index contributed by atoms with van der Waals surface area (Å²) in [4.78, 5) is 29.3. The first-order chi connectivity index (χ1) is 9.45. The number of piperazine rings is 1. The molecule has 2 N–H and O–H groups in total. The van der Waals surface area contributed by atoms with E-state index in [9.17, 15) is 9.59 Å². The van der Waals surface area contributed by atoms with Gasteiger partial charge in [-0.3, -0.25) is 14.5 Å². The van der Waals surface area contributed by atoms with E-state index in [1.165, 1.54) is 0 Å². The number of likely N-dealkylation sites (N-methyl/N-ethyl adjacent to an activating group) is 1. The minimum Gasteiger partial charge on any atom is -0.348 e. The zero-order valence-electron chi connectivity index (χ0n) is 12.7. The van der Waals surface area contributed by atoms with Crippen molar-refractivity contribution in [1.29, 1.82) is 0 Å². The minimum absolute atomic E-state index is 0.0395. The van der Waals surface area contributed by atoms with Crippen LogP contribution in [0.25, 0.3) is 0 Å². The molecule has 20 heavy (non-hydrogen) atoms. The van der Waals surface area contributed by atoms with Gasteiger partial charge >= 0.3 is 0 Å². The van der Waals surface area contributed by atoms with Crippen LogP contribution in [0.3, 0.4) is 0 Å². The summed E-state index contributed by atoms with van der Waals surface area (Å²) in [5.41, 5.74) is 5.91. The summed E-state index contributed by atoms with van der Waals surface area (Å²) < 4.78 is 0. The van der Waals surface area contributed by atoms with Gasteiger partial charge in [-0.2, -0.15) is 11.8 Å². The maximum atomic E-state index is 12.1. The van der Waals surface area contributed by atoms with Crippen molar-refractivity contribution in [3.63, 3.8) is 0 Å². The van der Waals surface area contributed by atoms with Crippen LogP contribution in [0.1, 0.15) is 6.42 Å². The van der Waals surface area contributed by atoms with Crippen molar-refractivity contribution in [3.8, 4) is 0 Å². The van der Waals surface area contributed by atoms with Crippen molar-refractivity contribution < 1.29 is 9.59 Å². The second-order valence-corrected chi connectivity index (χ2v) is 6.26. The quantitative estimate of drug-likeness (QED) is 0.702. The molecule has 0 radical (unpaired) electrons. The predicted molar refractivity (Wildman–Crippen MR) is 82.7 cm³/mol. The van der Waals surface area contributed by atoms with Gasteiger partial charge < -0.3 is 15.5 Å². The van der Waals surface area contributed by atoms with Crippen LogP contribution >= 0.6 is 11.8 Å². The average Bonchev–Trinajstić information content (AvgIpc) is 2.44. The Morgan fingerprint density at radius 1 is 1.25 bits per heavy atom. The standard InChI is InChI=1S/C13H26N4O2S/c1-15(2)12(18)10-16-5-7-17(8-6-16)13(19)11(14)4-9-20-3/h11H,4-10,14H2,1-3H3/t11-/m1/s1. The molecule has 1 atom stereocenters. The monoisotopic (exact) mass is 302 g/mol. The Hall–Kier alpha value is -0.790. The van der Waals surface area contributed by atoms with E-state index >= 15 is 0 Å². The zero-order chi connectivity index (χ0) is 15.1. The van der Waals surface area contributed by atoms with Crippen molar-refractivity contribution in [2.75, 3.05) is 58.8 Å². The molecule has 1 aliphatic rings. The van der Waals surface area contributed by atoms with Crippen LogP contribution in [0.15, 0.2) is 0 Å². The van der Waals surface area contributed by atoms with E-state index in [-0.39, 0.29) is 11.8 Å². The van der Waals surface area contributed by atoms with Gasteiger partial charge in [-0.25, -0.2) is 0 Å². The van der Waals surface area contributed by atoms with Crippen LogP contribution < -0.4 is 5.73 Å². The lowest BCUT2D eigenvalue weighted by molar-refractivity contribution is -0.135. The molecule has 1 heterocycles. The fourth-order valence-electron chi connectivity index (χ4n) is 2.06. The third kappa shape index (κ3) is 5.30. The van der Waals surface area contributed by atoms with E-state index in [4.69, 9.17) is 5.73 Å². The maximum Gasteiger partial charge on any atom is 0.239 e. The number of carbonyl (C=O) groups excluding carboxylic acids is 2. The lowest BCUT2D eigenvalue weighted by Gasteiger charge is -2.35. The third-order valence-corrected chi connectivity index (χ3v) is 4.14. The lowest BCUT2D eigenvalue weighted by atomic mass is 10.2. The van der Waals surface area contributed by atoms with Crippen LogP contribution in [0.4, 0.5) is 0 Å². The molecule has 1 rings (SSSR count). The SMILES string of the molecule is CSCC[C@@H](N)C(=O)N1CCN(CC(=O)N(C)C)CC1. The van der Waals surface area contributed by atoms with Gasteiger partial charge in [0.25, 0.3) is 0 Å². The van der Waals surface area contributed by atoms with E-state index in [0.717, 1.165) is 25.3 Å². The molecule has 2 amide bonds. The summed E-state index contributed by atoms with van der Waals surface area (Å²) in [7, 11) is 3.51. The van der Waals surface area contributed by atoms with Crippen molar-refractivity contribution in [1.82, 2.24) is 14.7 Å². The summed E-state index contributed by atoms with van der Waals surface area (Å²) in [5.74, 6) is 1.04. The van der Waals surface area contributed by atoms with Gasteiger partial charge in [-0.05, 0) is 18.4 Å². The highest BCUT2D eigenvalue weighted by Gasteiger charge is 2.25. The molecule has 116 valence electrons. The van der Waals surface area contributed by atoms with Crippen molar-refractivity contribution in [2.24, 2.45) is 5.73 Å². The second-order valence-electron chi connectivity index (χ2n) is 5.28. The molecule has 0 unspecified atom stereocenters. The maximum absolute atomic E-state index is 12.1. The van der Waals surface area contributed by atoms with Crippen LogP contribution in [-0.2, 0) is 9.59 Å². The molecule has 0 aromatic heterocycles. The Morgan fingerprint density at radius 3 is 2.35 bits per heavy atom. The van der Waals surface area contributed by atoms with Crippen LogP contribution in [-0.4, -0.2) is 91.4 Å². The summed E-state index contributed by atoms with van der Waals surface area (Å²) >= 11 is 1.70. The number of thioether (sulfide) groups is 1. The third-order valence-electron chi connectivity index (χ3n) is 3.49. The predicted octanol–water partition coefficient (Wildman–Crippen LogP) is -0.701. The number of hydrogen-bond donors (Lipinski definition) is 1. The Bertz CT molecular complexity index is 330. The molecule has 1 aliphatic heterocycles. The number of nitrogens with zero attached hydrogens (tertiary/aromatic N) is 3. The van der Waals surface area contributed by atoms with Crippen molar-refractivity contribution in [3.05, 3.63) is 0 Å². The summed E-state index contributed by atoms with van der Waals surface area (Å²) in [6.45, 7) is 3.22. The molecule has 0 saturated carbocycles. The normalized spacial score (nSPS) is 17.9. The van der Waals surface area contributed by atoms with Gasteiger partial charge in [0.05, 0.1) is 12.6 Å². The molecular formula is C13H26N4O2S. The number of carbonyl (C=O) groups is 2. The fraction of sp³-hybridized carbons (Fsp3) is 0.846. The smallest absolute Gasteiger partial charge is 0.239 e. The molecule has 0 aromatic carbocycles. The van der Waals surface area contributed by atoms with E-state index in [0.29, 0.717) is 19.6 Å². The van der Waals surface area contributed by atoms with Crippen molar-refractivity contribution >= 4 is 23.6 Å². The number of hydrogen-bond acceptors (Lipinski definition) is 5. The molecule has 0 aliphatic carbocycles. The minimum atomic E-state index is -0.391. The molecule has 6 nitrogen and oxygen atoms in total. The Labute approximate surface area is 125 Å². The summed E-state index contributed by atoms with van der Waals surface area (Å²) in [5, 5.41) is 0. The average molecular weight is 302 g/mol. The Morgan fingerprint density at radius 2 is 1.85 bits per heavy atom. The second kappa shape index (κ2) is 8.49. The molecule has 0 spiro atoms. The first-order valence-electron chi connectivity index (χ1n) is 6.91. The Balaban J connectivity index is 2.34. The van der Waals surface area contributed by atoms with Crippen molar-refractivity contribution in [2.45, 2.75) is 12.5 Å². The van der Waals surface area contributed by atoms with Crippen LogP contribution in [0.5, 0.6) is 0 Å².